The Kier molecular flexibility index (Phi) is 6.35. The molecule has 2 rings (SSSR count). The zero-order chi connectivity index (χ0) is 18.4. The Morgan fingerprint density at radius 3 is 2.64 bits per heavy atom. The number of carbonyl (C=O) groups excluding carboxylic acids is 1. The molecule has 1 amide bonds. The van der Waals surface area contributed by atoms with Crippen molar-refractivity contribution in [2.45, 2.75) is 13.0 Å². The van der Waals surface area contributed by atoms with Crippen molar-refractivity contribution in [1.29, 1.82) is 0 Å². The summed E-state index contributed by atoms with van der Waals surface area (Å²) in [5.74, 6) is -0.437. The molecule has 3 N–H and O–H groups in total. The topological polar surface area (TPSA) is 83.0 Å². The molecule has 1 atom stereocenters. The van der Waals surface area contributed by atoms with Crippen LogP contribution < -0.4 is 15.5 Å². The summed E-state index contributed by atoms with van der Waals surface area (Å²) in [6.07, 6.45) is 1.40. The fourth-order valence-electron chi connectivity index (χ4n) is 2.00. The van der Waals surface area contributed by atoms with Gasteiger partial charge in [0, 0.05) is 5.69 Å². The van der Waals surface area contributed by atoms with E-state index in [9.17, 15) is 14.3 Å². The number of amides is 1. The highest BCUT2D eigenvalue weighted by atomic mass is 79.9. The highest BCUT2D eigenvalue weighted by Crippen LogP contribution is 2.34. The number of phenols is 1. The van der Waals surface area contributed by atoms with Gasteiger partial charge in [0.1, 0.15) is 11.9 Å². The standard InChI is InChI=1S/C17H17BrFN3O3/c1-10(21-13-5-3-12(19)4-6-13)17(24)22-20-9-11-7-14(18)16(25-2)15(23)8-11/h3-10,21,23H,1-2H3,(H,22,24). The second-order valence-electron chi connectivity index (χ2n) is 5.16. The van der Waals surface area contributed by atoms with Crippen molar-refractivity contribution in [1.82, 2.24) is 5.43 Å². The van der Waals surface area contributed by atoms with Crippen molar-refractivity contribution in [3.8, 4) is 11.5 Å². The Morgan fingerprint density at radius 2 is 2.04 bits per heavy atom. The first-order valence-electron chi connectivity index (χ1n) is 7.32. The lowest BCUT2D eigenvalue weighted by Gasteiger charge is -2.13. The summed E-state index contributed by atoms with van der Waals surface area (Å²) in [5, 5.41) is 16.6. The van der Waals surface area contributed by atoms with Crippen LogP contribution in [0, 0.1) is 5.82 Å². The van der Waals surface area contributed by atoms with E-state index in [0.717, 1.165) is 0 Å². The van der Waals surface area contributed by atoms with Gasteiger partial charge in [-0.1, -0.05) is 0 Å². The zero-order valence-corrected chi connectivity index (χ0v) is 15.2. The van der Waals surface area contributed by atoms with E-state index in [4.69, 9.17) is 4.74 Å². The first kappa shape index (κ1) is 18.7. The number of nitrogens with zero attached hydrogens (tertiary/aromatic N) is 1. The summed E-state index contributed by atoms with van der Waals surface area (Å²) in [7, 11) is 1.45. The number of rotatable bonds is 6. The number of carbonyl (C=O) groups is 1. The predicted molar refractivity (Wildman–Crippen MR) is 97.6 cm³/mol. The number of halogens is 2. The van der Waals surface area contributed by atoms with Crippen LogP contribution in [-0.4, -0.2) is 30.4 Å². The van der Waals surface area contributed by atoms with Crippen LogP contribution in [0.15, 0.2) is 46.0 Å². The van der Waals surface area contributed by atoms with Crippen molar-refractivity contribution in [2.75, 3.05) is 12.4 Å². The number of aromatic hydroxyl groups is 1. The number of hydrogen-bond donors (Lipinski definition) is 3. The first-order chi connectivity index (χ1) is 11.9. The fraction of sp³-hybridized carbons (Fsp3) is 0.176. The van der Waals surface area contributed by atoms with E-state index in [1.807, 2.05) is 0 Å². The van der Waals surface area contributed by atoms with Gasteiger partial charge < -0.3 is 15.2 Å². The van der Waals surface area contributed by atoms with E-state index in [1.165, 1.54) is 31.5 Å². The minimum atomic E-state index is -0.571. The monoisotopic (exact) mass is 409 g/mol. The highest BCUT2D eigenvalue weighted by Gasteiger charge is 2.12. The molecule has 0 saturated heterocycles. The maximum absolute atomic E-state index is 12.9. The van der Waals surface area contributed by atoms with Crippen LogP contribution in [0.25, 0.3) is 0 Å². The molecule has 0 aliphatic rings. The third-order valence-corrected chi connectivity index (χ3v) is 3.85. The van der Waals surface area contributed by atoms with Crippen LogP contribution in [0.4, 0.5) is 10.1 Å². The van der Waals surface area contributed by atoms with Gasteiger partial charge in [0.05, 0.1) is 17.8 Å². The zero-order valence-electron chi connectivity index (χ0n) is 13.6. The molecule has 6 nitrogen and oxygen atoms in total. The van der Waals surface area contributed by atoms with Gasteiger partial charge in [-0.05, 0) is 64.8 Å². The molecule has 25 heavy (non-hydrogen) atoms. The molecule has 0 aromatic heterocycles. The van der Waals surface area contributed by atoms with E-state index in [0.29, 0.717) is 21.5 Å². The van der Waals surface area contributed by atoms with Gasteiger partial charge in [0.15, 0.2) is 11.5 Å². The quantitative estimate of drug-likeness (QED) is 0.505. The van der Waals surface area contributed by atoms with Crippen molar-refractivity contribution in [3.05, 3.63) is 52.3 Å². The maximum atomic E-state index is 12.9. The Labute approximate surface area is 152 Å². The summed E-state index contributed by atoms with van der Waals surface area (Å²) in [6.45, 7) is 1.66. The summed E-state index contributed by atoms with van der Waals surface area (Å²) in [6, 6.07) is 8.27. The van der Waals surface area contributed by atoms with Crippen LogP contribution in [0.1, 0.15) is 12.5 Å². The molecule has 1 unspecified atom stereocenters. The molecule has 0 radical (unpaired) electrons. The molecule has 0 heterocycles. The summed E-state index contributed by atoms with van der Waals surface area (Å²) in [4.78, 5) is 12.0. The third-order valence-electron chi connectivity index (χ3n) is 3.26. The van der Waals surface area contributed by atoms with Gasteiger partial charge in [0.25, 0.3) is 5.91 Å². The molecule has 0 aliphatic carbocycles. The summed E-state index contributed by atoms with van der Waals surface area (Å²) >= 11 is 3.27. The van der Waals surface area contributed by atoms with E-state index in [1.54, 1.807) is 25.1 Å². The van der Waals surface area contributed by atoms with Crippen LogP contribution in [0.2, 0.25) is 0 Å². The molecule has 2 aromatic carbocycles. The first-order valence-corrected chi connectivity index (χ1v) is 8.11. The van der Waals surface area contributed by atoms with Crippen LogP contribution in [0.3, 0.4) is 0 Å². The lowest BCUT2D eigenvalue weighted by Crippen LogP contribution is -2.34. The van der Waals surface area contributed by atoms with Crippen molar-refractivity contribution >= 4 is 33.7 Å². The Morgan fingerprint density at radius 1 is 1.36 bits per heavy atom. The highest BCUT2D eigenvalue weighted by molar-refractivity contribution is 9.10. The largest absolute Gasteiger partial charge is 0.504 e. The van der Waals surface area contributed by atoms with Gasteiger partial charge >= 0.3 is 0 Å². The number of anilines is 1. The number of phenolic OH excluding ortho intramolecular Hbond substituents is 1. The third kappa shape index (κ3) is 5.18. The van der Waals surface area contributed by atoms with Crippen molar-refractivity contribution in [2.24, 2.45) is 5.10 Å². The number of nitrogens with one attached hydrogen (secondary N) is 2. The Hall–Kier alpha value is -2.61. The number of hydrazone groups is 1. The number of ether oxygens (including phenoxy) is 1. The summed E-state index contributed by atoms with van der Waals surface area (Å²) < 4.78 is 18.4. The lowest BCUT2D eigenvalue weighted by atomic mass is 10.2. The Balaban J connectivity index is 1.94. The molecule has 0 saturated carbocycles. The molecular weight excluding hydrogens is 393 g/mol. The smallest absolute Gasteiger partial charge is 0.262 e. The maximum Gasteiger partial charge on any atom is 0.262 e. The van der Waals surface area contributed by atoms with E-state index < -0.39 is 6.04 Å². The molecule has 2 aromatic rings. The average molecular weight is 410 g/mol. The molecule has 0 fully saturated rings. The van der Waals surface area contributed by atoms with Gasteiger partial charge in [-0.3, -0.25) is 4.79 Å². The van der Waals surface area contributed by atoms with Crippen molar-refractivity contribution in [3.63, 3.8) is 0 Å². The van der Waals surface area contributed by atoms with E-state index in [2.05, 4.69) is 31.8 Å². The van der Waals surface area contributed by atoms with Gasteiger partial charge in [-0.2, -0.15) is 5.10 Å². The van der Waals surface area contributed by atoms with Gasteiger partial charge in [0.2, 0.25) is 0 Å². The Bertz CT molecular complexity index is 758. The normalized spacial score (nSPS) is 12.0. The average Bonchev–Trinajstić information content (AvgIpc) is 2.56. The molecule has 0 aliphatic heterocycles. The molecule has 0 bridgehead atoms. The SMILES string of the molecule is COc1c(O)cc(C=NNC(=O)C(C)Nc2ccc(F)cc2)cc1Br. The molecule has 0 spiro atoms. The number of methoxy groups -OCH3 is 1. The van der Waals surface area contributed by atoms with Gasteiger partial charge in [-0.15, -0.1) is 0 Å². The molecular formula is C17H17BrFN3O3. The van der Waals surface area contributed by atoms with Crippen LogP contribution in [-0.2, 0) is 4.79 Å². The van der Waals surface area contributed by atoms with Crippen LogP contribution in [0.5, 0.6) is 11.5 Å². The second kappa shape index (κ2) is 8.48. The minimum absolute atomic E-state index is 0.0454. The number of benzene rings is 2. The van der Waals surface area contributed by atoms with E-state index in [-0.39, 0.29) is 17.5 Å². The predicted octanol–water partition coefficient (Wildman–Crippen LogP) is 3.25. The van der Waals surface area contributed by atoms with Crippen molar-refractivity contribution < 1.29 is 19.0 Å². The minimum Gasteiger partial charge on any atom is -0.504 e. The molecule has 132 valence electrons. The fourth-order valence-corrected chi connectivity index (χ4v) is 2.63. The van der Waals surface area contributed by atoms with Gasteiger partial charge in [-0.25, -0.2) is 9.82 Å². The lowest BCUT2D eigenvalue weighted by molar-refractivity contribution is -0.121. The van der Waals surface area contributed by atoms with E-state index >= 15 is 0 Å². The van der Waals surface area contributed by atoms with Crippen LogP contribution >= 0.6 is 15.9 Å². The second-order valence-corrected chi connectivity index (χ2v) is 6.02. The summed E-state index contributed by atoms with van der Waals surface area (Å²) in [5.41, 5.74) is 3.59. The molecule has 8 heteroatoms. The number of hydrogen-bond acceptors (Lipinski definition) is 5.